The Labute approximate surface area is 218 Å². The molecule has 0 saturated heterocycles. The first kappa shape index (κ1) is 21.7. The van der Waals surface area contributed by atoms with E-state index in [4.69, 9.17) is 0 Å². The number of ketones is 2. The van der Waals surface area contributed by atoms with Gasteiger partial charge in [-0.05, 0) is 69.7 Å². The van der Waals surface area contributed by atoms with Crippen molar-refractivity contribution in [3.8, 4) is 0 Å². The Kier molecular flexibility index (Phi) is 4.64. The summed E-state index contributed by atoms with van der Waals surface area (Å²) in [5.41, 5.74) is 3.72. The van der Waals surface area contributed by atoms with Gasteiger partial charge >= 0.3 is 0 Å². The number of thiophene rings is 2. The number of anilines is 3. The van der Waals surface area contributed by atoms with Gasteiger partial charge in [0.1, 0.15) is 13.1 Å². The second-order valence-electron chi connectivity index (χ2n) is 9.74. The summed E-state index contributed by atoms with van der Waals surface area (Å²) in [4.78, 5) is 29.6. The SMILES string of the molecule is C[Si]1(C)c2ccccc2N(c2ccc(/C=C3/C(=O)c4cc5ccsc5cc4C3=O)s2)c2ccccc21. The van der Waals surface area contributed by atoms with E-state index in [2.05, 4.69) is 72.6 Å². The highest BCUT2D eigenvalue weighted by Gasteiger charge is 2.38. The molecule has 3 aromatic carbocycles. The minimum atomic E-state index is -1.84. The van der Waals surface area contributed by atoms with Crippen LogP contribution in [0, 0.1) is 0 Å². The van der Waals surface area contributed by atoms with E-state index < -0.39 is 8.07 Å². The first-order valence-electron chi connectivity index (χ1n) is 11.8. The molecule has 0 N–H and O–H groups in total. The van der Waals surface area contributed by atoms with Crippen LogP contribution < -0.4 is 15.3 Å². The molecular formula is C30H21NO2S2Si. The maximum absolute atomic E-state index is 13.2. The van der Waals surface area contributed by atoms with Gasteiger partial charge in [0.25, 0.3) is 0 Å². The molecule has 1 aliphatic heterocycles. The third-order valence-corrected chi connectivity index (χ3v) is 12.8. The molecule has 0 fully saturated rings. The van der Waals surface area contributed by atoms with E-state index in [1.54, 1.807) is 28.7 Å². The number of benzene rings is 3. The van der Waals surface area contributed by atoms with Gasteiger partial charge in [0.15, 0.2) is 11.6 Å². The van der Waals surface area contributed by atoms with Gasteiger partial charge in [0, 0.05) is 32.1 Å². The summed E-state index contributed by atoms with van der Waals surface area (Å²) in [6.45, 7) is 4.82. The van der Waals surface area contributed by atoms with E-state index in [1.807, 2.05) is 29.6 Å². The zero-order valence-electron chi connectivity index (χ0n) is 19.7. The van der Waals surface area contributed by atoms with Gasteiger partial charge < -0.3 is 4.90 Å². The van der Waals surface area contributed by atoms with Crippen molar-refractivity contribution in [3.05, 3.63) is 106 Å². The van der Waals surface area contributed by atoms with Crippen LogP contribution in [0.4, 0.5) is 16.4 Å². The Bertz CT molecular complexity index is 1670. The first-order chi connectivity index (χ1) is 17.4. The van der Waals surface area contributed by atoms with Crippen LogP contribution in [-0.4, -0.2) is 19.6 Å². The minimum absolute atomic E-state index is 0.179. The lowest BCUT2D eigenvalue weighted by molar-refractivity contribution is 0.0990. The number of hydrogen-bond donors (Lipinski definition) is 0. The summed E-state index contributed by atoms with van der Waals surface area (Å²) in [6.07, 6.45) is 1.77. The van der Waals surface area contributed by atoms with Crippen molar-refractivity contribution in [3.63, 3.8) is 0 Å². The number of allylic oxidation sites excluding steroid dienone is 1. The summed E-state index contributed by atoms with van der Waals surface area (Å²) < 4.78 is 1.03. The maximum atomic E-state index is 13.2. The lowest BCUT2D eigenvalue weighted by Gasteiger charge is -2.40. The van der Waals surface area contributed by atoms with Crippen molar-refractivity contribution in [1.29, 1.82) is 0 Å². The molecule has 174 valence electrons. The number of Topliss-reactive ketones (excluding diaryl/α,β-unsaturated/α-hetero) is 2. The smallest absolute Gasteiger partial charge is 0.197 e. The van der Waals surface area contributed by atoms with Crippen LogP contribution >= 0.6 is 22.7 Å². The Morgan fingerprint density at radius 2 is 1.42 bits per heavy atom. The highest BCUT2D eigenvalue weighted by atomic mass is 32.1. The molecule has 0 spiro atoms. The number of carbonyl (C=O) groups is 2. The molecule has 2 aliphatic rings. The van der Waals surface area contributed by atoms with Crippen LogP contribution in [-0.2, 0) is 0 Å². The van der Waals surface area contributed by atoms with E-state index in [1.165, 1.54) is 21.7 Å². The molecule has 36 heavy (non-hydrogen) atoms. The molecule has 0 atom stereocenters. The van der Waals surface area contributed by atoms with Crippen LogP contribution in [0.2, 0.25) is 13.1 Å². The molecule has 2 aromatic heterocycles. The first-order valence-corrected chi connectivity index (χ1v) is 16.5. The van der Waals surface area contributed by atoms with Crippen LogP contribution in [0.5, 0.6) is 0 Å². The van der Waals surface area contributed by atoms with Gasteiger partial charge in [-0.15, -0.1) is 22.7 Å². The summed E-state index contributed by atoms with van der Waals surface area (Å²) in [5.74, 6) is -0.360. The summed E-state index contributed by atoms with van der Waals surface area (Å²) in [7, 11) is -1.84. The van der Waals surface area contributed by atoms with Crippen molar-refractivity contribution in [2.24, 2.45) is 0 Å². The average molecular weight is 520 g/mol. The molecular weight excluding hydrogens is 499 g/mol. The molecule has 3 heterocycles. The van der Waals surface area contributed by atoms with E-state index >= 15 is 0 Å². The standard InChI is InChI=1S/C30H21NO2S2Si/c1-36(2)26-9-5-3-7-23(26)31(24-8-4-6-10-27(24)36)28-12-11-19(35-28)16-22-29(32)20-15-18-13-14-34-25(18)17-21(20)30(22)33/h3-17H,1-2H3/b22-16-. The summed E-state index contributed by atoms with van der Waals surface area (Å²) >= 11 is 3.19. The Morgan fingerprint density at radius 1 is 0.778 bits per heavy atom. The number of carbonyl (C=O) groups excluding carboxylic acids is 2. The Morgan fingerprint density at radius 3 is 2.11 bits per heavy atom. The van der Waals surface area contributed by atoms with Crippen LogP contribution in [0.15, 0.2) is 89.8 Å². The van der Waals surface area contributed by atoms with Crippen molar-refractivity contribution in [2.75, 3.05) is 4.90 Å². The quantitative estimate of drug-likeness (QED) is 0.143. The highest BCUT2D eigenvalue weighted by Crippen LogP contribution is 2.42. The topological polar surface area (TPSA) is 37.4 Å². The van der Waals surface area contributed by atoms with Gasteiger partial charge in [-0.3, -0.25) is 9.59 Å². The van der Waals surface area contributed by atoms with E-state index in [-0.39, 0.29) is 17.1 Å². The fourth-order valence-corrected chi connectivity index (χ4v) is 10.3. The second kappa shape index (κ2) is 7.71. The Hall–Kier alpha value is -3.58. The zero-order valence-corrected chi connectivity index (χ0v) is 22.4. The summed E-state index contributed by atoms with van der Waals surface area (Å²) in [5, 5.41) is 6.89. The van der Waals surface area contributed by atoms with Crippen LogP contribution in [0.3, 0.4) is 0 Å². The lowest BCUT2D eigenvalue weighted by atomic mass is 10.1. The third-order valence-electron chi connectivity index (χ3n) is 7.33. The minimum Gasteiger partial charge on any atom is -0.302 e. The third kappa shape index (κ3) is 3.02. The molecule has 0 amide bonds. The Balaban J connectivity index is 1.32. The fourth-order valence-electron chi connectivity index (χ4n) is 5.50. The maximum Gasteiger partial charge on any atom is 0.197 e. The molecule has 1 aliphatic carbocycles. The van der Waals surface area contributed by atoms with E-state index in [0.717, 1.165) is 20.0 Å². The van der Waals surface area contributed by atoms with Gasteiger partial charge in [0.2, 0.25) is 0 Å². The molecule has 0 unspecified atom stereocenters. The molecule has 6 heteroatoms. The molecule has 3 nitrogen and oxygen atoms in total. The number of hydrogen-bond acceptors (Lipinski definition) is 5. The van der Waals surface area contributed by atoms with Gasteiger partial charge in [-0.1, -0.05) is 49.5 Å². The zero-order chi connectivity index (χ0) is 24.6. The molecule has 0 saturated carbocycles. The van der Waals surface area contributed by atoms with Gasteiger partial charge in [0.05, 0.1) is 5.57 Å². The predicted molar refractivity (Wildman–Crippen MR) is 154 cm³/mol. The van der Waals surface area contributed by atoms with Gasteiger partial charge in [-0.2, -0.15) is 0 Å². The molecule has 0 bridgehead atoms. The average Bonchev–Trinajstić information content (AvgIpc) is 3.59. The lowest BCUT2D eigenvalue weighted by Crippen LogP contribution is -2.58. The predicted octanol–water partition coefficient (Wildman–Crippen LogP) is 7.03. The molecule has 5 aromatic rings. The van der Waals surface area contributed by atoms with Crippen LogP contribution in [0.25, 0.3) is 16.2 Å². The highest BCUT2D eigenvalue weighted by molar-refractivity contribution is 7.17. The van der Waals surface area contributed by atoms with Crippen molar-refractivity contribution < 1.29 is 9.59 Å². The van der Waals surface area contributed by atoms with Gasteiger partial charge in [-0.25, -0.2) is 0 Å². The second-order valence-corrected chi connectivity index (χ2v) is 16.1. The van der Waals surface area contributed by atoms with E-state index in [0.29, 0.717) is 11.1 Å². The monoisotopic (exact) mass is 519 g/mol. The molecule has 0 radical (unpaired) electrons. The largest absolute Gasteiger partial charge is 0.302 e. The van der Waals surface area contributed by atoms with E-state index in [9.17, 15) is 9.59 Å². The molecule has 7 rings (SSSR count). The number of para-hydroxylation sites is 2. The number of fused-ring (bicyclic) bond motifs is 4. The van der Waals surface area contributed by atoms with Crippen molar-refractivity contribution in [1.82, 2.24) is 0 Å². The van der Waals surface area contributed by atoms with Crippen LogP contribution in [0.1, 0.15) is 25.6 Å². The number of rotatable bonds is 2. The fraction of sp³-hybridized carbons (Fsp3) is 0.0667. The normalized spacial score (nSPS) is 16.9. The summed E-state index contributed by atoms with van der Waals surface area (Å²) in [6, 6.07) is 27.2. The van der Waals surface area contributed by atoms with Crippen molar-refractivity contribution >= 4 is 85.2 Å². The van der Waals surface area contributed by atoms with Crippen molar-refractivity contribution in [2.45, 2.75) is 13.1 Å². The number of nitrogens with zero attached hydrogens (tertiary/aromatic N) is 1.